The van der Waals surface area contributed by atoms with E-state index in [2.05, 4.69) is 26.8 Å². The molecule has 138 valence electrons. The first-order valence-electron chi connectivity index (χ1n) is 9.27. The van der Waals surface area contributed by atoms with Gasteiger partial charge < -0.3 is 19.5 Å². The number of ether oxygens (including phenoxy) is 1. The van der Waals surface area contributed by atoms with Crippen molar-refractivity contribution in [2.24, 2.45) is 0 Å². The summed E-state index contributed by atoms with van der Waals surface area (Å²) in [6.07, 6.45) is 10.1. The number of pyridine rings is 1. The number of likely N-dealkylation sites (tertiary alicyclic amines) is 1. The second-order valence-corrected chi connectivity index (χ2v) is 7.22. The molecule has 7 heteroatoms. The SMILES string of the molecule is Cc1cnccc1OC1CCN(C(=O)NC2CC(C)n3ccnc32)CC1. The van der Waals surface area contributed by atoms with Crippen LogP contribution in [0.15, 0.2) is 30.9 Å². The zero-order chi connectivity index (χ0) is 18.1. The average Bonchev–Trinajstić information content (AvgIpc) is 3.23. The van der Waals surface area contributed by atoms with Gasteiger partial charge >= 0.3 is 6.03 Å². The first-order valence-corrected chi connectivity index (χ1v) is 9.27. The van der Waals surface area contributed by atoms with E-state index in [1.165, 1.54) is 0 Å². The van der Waals surface area contributed by atoms with Gasteiger partial charge in [-0.25, -0.2) is 9.78 Å². The van der Waals surface area contributed by atoms with E-state index in [-0.39, 0.29) is 18.2 Å². The third-order valence-corrected chi connectivity index (χ3v) is 5.35. The fraction of sp³-hybridized carbons (Fsp3) is 0.526. The average molecular weight is 355 g/mol. The molecule has 2 aliphatic heterocycles. The highest BCUT2D eigenvalue weighted by Crippen LogP contribution is 2.32. The van der Waals surface area contributed by atoms with Gasteiger partial charge in [-0.2, -0.15) is 0 Å². The molecule has 0 radical (unpaired) electrons. The summed E-state index contributed by atoms with van der Waals surface area (Å²) in [5.41, 5.74) is 1.04. The van der Waals surface area contributed by atoms with E-state index in [4.69, 9.17) is 4.74 Å². The number of aryl methyl sites for hydroxylation is 1. The lowest BCUT2D eigenvalue weighted by Gasteiger charge is -2.33. The zero-order valence-corrected chi connectivity index (χ0v) is 15.3. The van der Waals surface area contributed by atoms with E-state index in [1.807, 2.05) is 30.3 Å². The molecule has 26 heavy (non-hydrogen) atoms. The van der Waals surface area contributed by atoms with Crippen LogP contribution in [0.4, 0.5) is 4.79 Å². The topological polar surface area (TPSA) is 72.3 Å². The second kappa shape index (κ2) is 6.97. The molecule has 0 aliphatic carbocycles. The van der Waals surface area contributed by atoms with E-state index >= 15 is 0 Å². The van der Waals surface area contributed by atoms with Crippen molar-refractivity contribution in [1.82, 2.24) is 24.8 Å². The highest BCUT2D eigenvalue weighted by atomic mass is 16.5. The Kier molecular flexibility index (Phi) is 4.53. The number of aromatic nitrogens is 3. The Labute approximate surface area is 153 Å². The molecule has 0 aromatic carbocycles. The summed E-state index contributed by atoms with van der Waals surface area (Å²) in [7, 11) is 0. The number of imidazole rings is 1. The van der Waals surface area contributed by atoms with Crippen LogP contribution in [0, 0.1) is 6.92 Å². The highest BCUT2D eigenvalue weighted by Gasteiger charge is 2.32. The predicted octanol–water partition coefficient (Wildman–Crippen LogP) is 2.85. The molecule has 7 nitrogen and oxygen atoms in total. The minimum Gasteiger partial charge on any atom is -0.490 e. The van der Waals surface area contributed by atoms with Crippen molar-refractivity contribution in [3.63, 3.8) is 0 Å². The highest BCUT2D eigenvalue weighted by molar-refractivity contribution is 5.74. The van der Waals surface area contributed by atoms with Gasteiger partial charge in [-0.05, 0) is 26.3 Å². The van der Waals surface area contributed by atoms with Crippen molar-refractivity contribution in [3.05, 3.63) is 42.2 Å². The fourth-order valence-corrected chi connectivity index (χ4v) is 3.84. The number of fused-ring (bicyclic) bond motifs is 1. The number of rotatable bonds is 3. The minimum atomic E-state index is -0.00260. The number of nitrogens with zero attached hydrogens (tertiary/aromatic N) is 4. The number of carbonyl (C=O) groups excluding carboxylic acids is 1. The van der Waals surface area contributed by atoms with Gasteiger partial charge in [0.25, 0.3) is 0 Å². The Morgan fingerprint density at radius 3 is 2.88 bits per heavy atom. The van der Waals surface area contributed by atoms with Crippen LogP contribution in [0.2, 0.25) is 0 Å². The van der Waals surface area contributed by atoms with Crippen molar-refractivity contribution in [3.8, 4) is 5.75 Å². The van der Waals surface area contributed by atoms with Crippen LogP contribution < -0.4 is 10.1 Å². The van der Waals surface area contributed by atoms with E-state index in [0.29, 0.717) is 19.1 Å². The van der Waals surface area contributed by atoms with Crippen LogP contribution >= 0.6 is 0 Å². The van der Waals surface area contributed by atoms with Gasteiger partial charge in [0.15, 0.2) is 0 Å². The summed E-state index contributed by atoms with van der Waals surface area (Å²) >= 11 is 0. The summed E-state index contributed by atoms with van der Waals surface area (Å²) in [5.74, 6) is 1.84. The lowest BCUT2D eigenvalue weighted by Crippen LogP contribution is -2.47. The van der Waals surface area contributed by atoms with Gasteiger partial charge in [0, 0.05) is 62.3 Å². The van der Waals surface area contributed by atoms with E-state index in [0.717, 1.165) is 36.4 Å². The van der Waals surface area contributed by atoms with E-state index in [9.17, 15) is 4.79 Å². The summed E-state index contributed by atoms with van der Waals surface area (Å²) in [6, 6.07) is 2.27. The van der Waals surface area contributed by atoms with Crippen LogP contribution in [0.5, 0.6) is 5.75 Å². The Balaban J connectivity index is 1.30. The molecular formula is C19H25N5O2. The summed E-state index contributed by atoms with van der Waals surface area (Å²) in [4.78, 5) is 23.0. The first-order chi connectivity index (χ1) is 12.6. The fourth-order valence-electron chi connectivity index (χ4n) is 3.84. The molecule has 2 amide bonds. The van der Waals surface area contributed by atoms with Crippen LogP contribution in [0.25, 0.3) is 0 Å². The number of hydrogen-bond donors (Lipinski definition) is 1. The number of amides is 2. The molecule has 2 aromatic rings. The molecule has 2 aliphatic rings. The monoisotopic (exact) mass is 355 g/mol. The Hall–Kier alpha value is -2.57. The molecule has 0 saturated carbocycles. The molecule has 0 bridgehead atoms. The largest absolute Gasteiger partial charge is 0.490 e. The standard InChI is InChI=1S/C19H25N5O2/c1-13-12-20-6-3-17(13)26-15-4-8-23(9-5-15)19(25)22-16-11-14(2)24-10-7-21-18(16)24/h3,6-7,10,12,14-16H,4-5,8-9,11H2,1-2H3,(H,22,25). The van der Waals surface area contributed by atoms with Crippen molar-refractivity contribution in [2.45, 2.75) is 51.3 Å². The summed E-state index contributed by atoms with van der Waals surface area (Å²) in [6.45, 7) is 5.56. The third kappa shape index (κ3) is 3.25. The van der Waals surface area contributed by atoms with Gasteiger partial charge in [0.1, 0.15) is 17.7 Å². The van der Waals surface area contributed by atoms with Crippen LogP contribution in [-0.4, -0.2) is 44.7 Å². The minimum absolute atomic E-state index is 0.000872. The van der Waals surface area contributed by atoms with Gasteiger partial charge in [-0.15, -0.1) is 0 Å². The molecular weight excluding hydrogens is 330 g/mol. The van der Waals surface area contributed by atoms with Crippen LogP contribution in [0.3, 0.4) is 0 Å². The molecule has 2 atom stereocenters. The van der Waals surface area contributed by atoms with Gasteiger partial charge in [0.2, 0.25) is 0 Å². The maximum Gasteiger partial charge on any atom is 0.317 e. The maximum atomic E-state index is 12.6. The Morgan fingerprint density at radius 1 is 1.31 bits per heavy atom. The quantitative estimate of drug-likeness (QED) is 0.919. The maximum absolute atomic E-state index is 12.6. The molecule has 1 fully saturated rings. The van der Waals surface area contributed by atoms with Crippen LogP contribution in [0.1, 0.15) is 49.7 Å². The van der Waals surface area contributed by atoms with Crippen molar-refractivity contribution >= 4 is 6.03 Å². The number of urea groups is 1. The number of nitrogens with one attached hydrogen (secondary N) is 1. The molecule has 1 N–H and O–H groups in total. The van der Waals surface area contributed by atoms with E-state index < -0.39 is 0 Å². The van der Waals surface area contributed by atoms with Gasteiger partial charge in [-0.1, -0.05) is 0 Å². The number of carbonyl (C=O) groups is 1. The molecule has 4 rings (SSSR count). The van der Waals surface area contributed by atoms with Crippen molar-refractivity contribution < 1.29 is 9.53 Å². The van der Waals surface area contributed by atoms with Crippen LogP contribution in [-0.2, 0) is 0 Å². The zero-order valence-electron chi connectivity index (χ0n) is 15.3. The van der Waals surface area contributed by atoms with Crippen molar-refractivity contribution in [1.29, 1.82) is 0 Å². The smallest absolute Gasteiger partial charge is 0.317 e. The molecule has 4 heterocycles. The predicted molar refractivity (Wildman–Crippen MR) is 97.0 cm³/mol. The normalized spacial score (nSPS) is 22.9. The lowest BCUT2D eigenvalue weighted by molar-refractivity contribution is 0.109. The lowest BCUT2D eigenvalue weighted by atomic mass is 10.1. The Morgan fingerprint density at radius 2 is 2.12 bits per heavy atom. The summed E-state index contributed by atoms with van der Waals surface area (Å²) < 4.78 is 8.23. The second-order valence-electron chi connectivity index (χ2n) is 7.22. The molecule has 1 saturated heterocycles. The van der Waals surface area contributed by atoms with Gasteiger partial charge in [-0.3, -0.25) is 4.98 Å². The number of piperidine rings is 1. The molecule has 0 spiro atoms. The van der Waals surface area contributed by atoms with Gasteiger partial charge in [0.05, 0.1) is 6.04 Å². The summed E-state index contributed by atoms with van der Waals surface area (Å²) in [5, 5.41) is 3.15. The third-order valence-electron chi connectivity index (χ3n) is 5.35. The van der Waals surface area contributed by atoms with E-state index in [1.54, 1.807) is 12.4 Å². The van der Waals surface area contributed by atoms with Crippen molar-refractivity contribution in [2.75, 3.05) is 13.1 Å². The molecule has 2 unspecified atom stereocenters. The Bertz CT molecular complexity index is 782. The molecule has 2 aromatic heterocycles. The first kappa shape index (κ1) is 16.9. The number of hydrogen-bond acceptors (Lipinski definition) is 4.